The highest BCUT2D eigenvalue weighted by Gasteiger charge is 2.32. The van der Waals surface area contributed by atoms with Gasteiger partial charge in [-0.1, -0.05) is 18.2 Å². The molecule has 27 heavy (non-hydrogen) atoms. The van der Waals surface area contributed by atoms with Gasteiger partial charge in [0.05, 0.1) is 26.6 Å². The van der Waals surface area contributed by atoms with Gasteiger partial charge < -0.3 is 19.1 Å². The molecular weight excluding hydrogens is 362 g/mol. The predicted molar refractivity (Wildman–Crippen MR) is 108 cm³/mol. The van der Waals surface area contributed by atoms with Gasteiger partial charge in [0.1, 0.15) is 11.1 Å². The molecule has 3 rings (SSSR count). The summed E-state index contributed by atoms with van der Waals surface area (Å²) in [6.07, 6.45) is 0.758. The van der Waals surface area contributed by atoms with E-state index in [1.807, 2.05) is 48.2 Å². The summed E-state index contributed by atoms with van der Waals surface area (Å²) < 4.78 is 16.3. The number of thioether (sulfide) groups is 1. The number of carbonyl (C=O) groups excluding carboxylic acids is 1. The number of methoxy groups -OCH3 is 2. The summed E-state index contributed by atoms with van der Waals surface area (Å²) in [5, 5.41) is 0.0260. The number of nitrogens with zero attached hydrogens (tertiary/aromatic N) is 1. The molecule has 1 saturated heterocycles. The fourth-order valence-corrected chi connectivity index (χ4v) is 4.39. The van der Waals surface area contributed by atoms with E-state index in [1.165, 1.54) is 0 Å². The fourth-order valence-electron chi connectivity index (χ4n) is 3.18. The van der Waals surface area contributed by atoms with Crippen LogP contribution < -0.4 is 14.2 Å². The van der Waals surface area contributed by atoms with Crippen molar-refractivity contribution in [1.29, 1.82) is 0 Å². The standard InChI is InChI=1S/C21H25NO4S/c1-4-26-17-7-5-6-16(13-17)21-22(20(23)14-27-21)11-10-15-8-9-18(24-2)19(12-15)25-3/h5-9,12-13,21H,4,10-11,14H2,1-3H3. The Hall–Kier alpha value is -2.34. The van der Waals surface area contributed by atoms with Crippen molar-refractivity contribution in [2.45, 2.75) is 18.7 Å². The Morgan fingerprint density at radius 3 is 2.67 bits per heavy atom. The summed E-state index contributed by atoms with van der Waals surface area (Å²) >= 11 is 1.66. The summed E-state index contributed by atoms with van der Waals surface area (Å²) in [5.74, 6) is 2.94. The van der Waals surface area contributed by atoms with E-state index < -0.39 is 0 Å². The van der Waals surface area contributed by atoms with Crippen molar-refractivity contribution in [3.63, 3.8) is 0 Å². The maximum atomic E-state index is 12.4. The maximum Gasteiger partial charge on any atom is 0.233 e. The van der Waals surface area contributed by atoms with Crippen LogP contribution >= 0.6 is 11.8 Å². The molecule has 1 unspecified atom stereocenters. The lowest BCUT2D eigenvalue weighted by Gasteiger charge is -2.24. The normalized spacial score (nSPS) is 16.5. The summed E-state index contributed by atoms with van der Waals surface area (Å²) in [6, 6.07) is 13.9. The second-order valence-electron chi connectivity index (χ2n) is 6.20. The van der Waals surface area contributed by atoms with Gasteiger partial charge in [-0.05, 0) is 48.7 Å². The van der Waals surface area contributed by atoms with Crippen LogP contribution in [0.2, 0.25) is 0 Å². The molecule has 2 aromatic carbocycles. The van der Waals surface area contributed by atoms with E-state index in [2.05, 4.69) is 6.07 Å². The molecule has 1 amide bonds. The fraction of sp³-hybridized carbons (Fsp3) is 0.381. The zero-order valence-corrected chi connectivity index (χ0v) is 16.8. The van der Waals surface area contributed by atoms with Crippen LogP contribution in [0.1, 0.15) is 23.4 Å². The Bertz CT molecular complexity index is 796. The van der Waals surface area contributed by atoms with E-state index in [4.69, 9.17) is 14.2 Å². The Morgan fingerprint density at radius 2 is 1.93 bits per heavy atom. The van der Waals surface area contributed by atoms with E-state index in [0.717, 1.165) is 23.3 Å². The van der Waals surface area contributed by atoms with Crippen LogP contribution in [0.5, 0.6) is 17.2 Å². The molecule has 1 atom stereocenters. The van der Waals surface area contributed by atoms with Crippen molar-refractivity contribution in [3.8, 4) is 17.2 Å². The van der Waals surface area contributed by atoms with Crippen molar-refractivity contribution in [3.05, 3.63) is 53.6 Å². The van der Waals surface area contributed by atoms with E-state index in [9.17, 15) is 4.79 Å². The number of amides is 1. The second kappa shape index (κ2) is 9.04. The number of rotatable bonds is 8. The van der Waals surface area contributed by atoms with Crippen LogP contribution in [-0.4, -0.2) is 43.9 Å². The average Bonchev–Trinajstić information content (AvgIpc) is 3.07. The molecule has 0 radical (unpaired) electrons. The first kappa shape index (κ1) is 19.4. The molecule has 0 aliphatic carbocycles. The molecule has 1 heterocycles. The van der Waals surface area contributed by atoms with E-state index in [1.54, 1.807) is 26.0 Å². The molecule has 0 bridgehead atoms. The van der Waals surface area contributed by atoms with Gasteiger partial charge in [0, 0.05) is 6.54 Å². The van der Waals surface area contributed by atoms with Crippen molar-refractivity contribution >= 4 is 17.7 Å². The number of hydrogen-bond acceptors (Lipinski definition) is 5. The van der Waals surface area contributed by atoms with Crippen LogP contribution in [0.25, 0.3) is 0 Å². The molecule has 2 aromatic rings. The quantitative estimate of drug-likeness (QED) is 0.687. The highest BCUT2D eigenvalue weighted by Crippen LogP contribution is 2.39. The number of hydrogen-bond donors (Lipinski definition) is 0. The van der Waals surface area contributed by atoms with Crippen LogP contribution in [0, 0.1) is 0 Å². The third-order valence-corrected chi connectivity index (χ3v) is 5.77. The van der Waals surface area contributed by atoms with Crippen LogP contribution in [0.3, 0.4) is 0 Å². The minimum atomic E-state index is 0.0260. The van der Waals surface area contributed by atoms with Gasteiger partial charge >= 0.3 is 0 Å². The molecule has 1 fully saturated rings. The second-order valence-corrected chi connectivity index (χ2v) is 7.26. The van der Waals surface area contributed by atoms with Gasteiger partial charge in [0.2, 0.25) is 5.91 Å². The van der Waals surface area contributed by atoms with Crippen LogP contribution in [-0.2, 0) is 11.2 Å². The van der Waals surface area contributed by atoms with Gasteiger partial charge in [0.15, 0.2) is 11.5 Å². The molecule has 0 spiro atoms. The van der Waals surface area contributed by atoms with Gasteiger partial charge in [-0.25, -0.2) is 0 Å². The van der Waals surface area contributed by atoms with Gasteiger partial charge in [0.25, 0.3) is 0 Å². The van der Waals surface area contributed by atoms with E-state index in [-0.39, 0.29) is 11.3 Å². The zero-order chi connectivity index (χ0) is 19.2. The third-order valence-electron chi connectivity index (χ3n) is 4.51. The molecule has 1 aliphatic heterocycles. The van der Waals surface area contributed by atoms with Crippen molar-refractivity contribution in [2.75, 3.05) is 33.1 Å². The Kier molecular flexibility index (Phi) is 6.50. The molecule has 6 heteroatoms. The summed E-state index contributed by atoms with van der Waals surface area (Å²) in [4.78, 5) is 14.4. The molecule has 1 aliphatic rings. The highest BCUT2D eigenvalue weighted by molar-refractivity contribution is 8.00. The van der Waals surface area contributed by atoms with Crippen LogP contribution in [0.4, 0.5) is 0 Å². The lowest BCUT2D eigenvalue weighted by atomic mass is 10.1. The number of benzene rings is 2. The lowest BCUT2D eigenvalue weighted by molar-refractivity contribution is -0.128. The smallest absolute Gasteiger partial charge is 0.233 e. The molecule has 0 aromatic heterocycles. The predicted octanol–water partition coefficient (Wildman–Crippen LogP) is 3.92. The average molecular weight is 388 g/mol. The minimum absolute atomic E-state index is 0.0260. The van der Waals surface area contributed by atoms with Crippen LogP contribution in [0.15, 0.2) is 42.5 Å². The largest absolute Gasteiger partial charge is 0.494 e. The summed E-state index contributed by atoms with van der Waals surface area (Å²) in [7, 11) is 3.25. The van der Waals surface area contributed by atoms with Gasteiger partial charge in [-0.2, -0.15) is 0 Å². The molecule has 144 valence electrons. The van der Waals surface area contributed by atoms with E-state index in [0.29, 0.717) is 30.4 Å². The first-order valence-corrected chi connectivity index (χ1v) is 10.1. The zero-order valence-electron chi connectivity index (χ0n) is 15.9. The number of carbonyl (C=O) groups is 1. The Labute approximate surface area is 164 Å². The Morgan fingerprint density at radius 1 is 1.11 bits per heavy atom. The monoisotopic (exact) mass is 387 g/mol. The first-order valence-electron chi connectivity index (χ1n) is 9.01. The first-order chi connectivity index (χ1) is 13.2. The lowest BCUT2D eigenvalue weighted by Crippen LogP contribution is -2.30. The van der Waals surface area contributed by atoms with Crippen molar-refractivity contribution in [2.24, 2.45) is 0 Å². The maximum absolute atomic E-state index is 12.4. The summed E-state index contributed by atoms with van der Waals surface area (Å²) in [5.41, 5.74) is 2.21. The topological polar surface area (TPSA) is 48.0 Å². The Balaban J connectivity index is 1.73. The van der Waals surface area contributed by atoms with Gasteiger partial charge in [-0.3, -0.25) is 4.79 Å². The SMILES string of the molecule is CCOc1cccc(C2SCC(=O)N2CCc2ccc(OC)c(OC)c2)c1. The van der Waals surface area contributed by atoms with Crippen molar-refractivity contribution in [1.82, 2.24) is 4.90 Å². The van der Waals surface area contributed by atoms with Crippen molar-refractivity contribution < 1.29 is 19.0 Å². The minimum Gasteiger partial charge on any atom is -0.494 e. The highest BCUT2D eigenvalue weighted by atomic mass is 32.2. The molecule has 5 nitrogen and oxygen atoms in total. The summed E-state index contributed by atoms with van der Waals surface area (Å²) in [6.45, 7) is 3.25. The molecule has 0 N–H and O–H groups in total. The number of ether oxygens (including phenoxy) is 3. The van der Waals surface area contributed by atoms with E-state index >= 15 is 0 Å². The van der Waals surface area contributed by atoms with Gasteiger partial charge in [-0.15, -0.1) is 11.8 Å². The third kappa shape index (κ3) is 4.50. The molecular formula is C21H25NO4S. The molecule has 0 saturated carbocycles.